The van der Waals surface area contributed by atoms with Crippen molar-refractivity contribution in [3.8, 4) is 5.69 Å². The zero-order chi connectivity index (χ0) is 24.0. The van der Waals surface area contributed by atoms with Gasteiger partial charge in [0.15, 0.2) is 5.82 Å². The van der Waals surface area contributed by atoms with E-state index in [1.54, 1.807) is 17.9 Å². The van der Waals surface area contributed by atoms with E-state index in [0.29, 0.717) is 36.5 Å². The van der Waals surface area contributed by atoms with Crippen molar-refractivity contribution in [2.24, 2.45) is 0 Å². The van der Waals surface area contributed by atoms with Gasteiger partial charge in [-0.3, -0.25) is 14.2 Å². The summed E-state index contributed by atoms with van der Waals surface area (Å²) in [6.45, 7) is 8.64. The van der Waals surface area contributed by atoms with E-state index in [4.69, 9.17) is 28.9 Å². The van der Waals surface area contributed by atoms with Crippen molar-refractivity contribution >= 4 is 51.5 Å². The number of aryl methyl sites for hydroxylation is 1. The Kier molecular flexibility index (Phi) is 6.02. The molecule has 0 radical (unpaired) electrons. The van der Waals surface area contributed by atoms with Gasteiger partial charge >= 0.3 is 0 Å². The number of anilines is 2. The van der Waals surface area contributed by atoms with Crippen molar-refractivity contribution in [3.63, 3.8) is 0 Å². The Hall–Kier alpha value is -3.17. The lowest BCUT2D eigenvalue weighted by atomic mass is 10.1. The van der Waals surface area contributed by atoms with Crippen LogP contribution in [0.15, 0.2) is 35.9 Å². The SMILES string of the molecule is C=CC(=O)N1CCN(c2ncnc3c(=O)n(-c4c(N)c(Cl)cc(Cl)c4F)c(C)cc23)[C@@H](C)C1. The molecule has 0 spiro atoms. The molecule has 4 rings (SSSR count). The van der Waals surface area contributed by atoms with E-state index >= 15 is 0 Å². The fraction of sp³-hybridized carbons (Fsp3) is 0.273. The van der Waals surface area contributed by atoms with Crippen LogP contribution in [-0.4, -0.2) is 51.0 Å². The minimum Gasteiger partial charge on any atom is -0.396 e. The first-order chi connectivity index (χ1) is 15.6. The molecule has 11 heteroatoms. The van der Waals surface area contributed by atoms with Gasteiger partial charge < -0.3 is 15.5 Å². The van der Waals surface area contributed by atoms with Crippen LogP contribution in [-0.2, 0) is 4.79 Å². The number of carbonyl (C=O) groups is 1. The number of fused-ring (bicyclic) bond motifs is 1. The number of halogens is 3. The molecule has 3 aromatic rings. The molecule has 3 heterocycles. The third-order valence-corrected chi connectivity index (χ3v) is 6.36. The number of nitrogen functional groups attached to an aromatic ring is 1. The topological polar surface area (TPSA) is 97.4 Å². The highest BCUT2D eigenvalue weighted by Gasteiger charge is 2.29. The average molecular weight is 491 g/mol. The van der Waals surface area contributed by atoms with Crippen LogP contribution in [0.4, 0.5) is 15.9 Å². The highest BCUT2D eigenvalue weighted by atomic mass is 35.5. The summed E-state index contributed by atoms with van der Waals surface area (Å²) in [7, 11) is 0. The van der Waals surface area contributed by atoms with Gasteiger partial charge in [0.2, 0.25) is 5.91 Å². The second-order valence-electron chi connectivity index (χ2n) is 7.83. The van der Waals surface area contributed by atoms with Crippen LogP contribution in [0.1, 0.15) is 12.6 Å². The standard InChI is InChI=1S/C22H21Cl2FN6O2/c1-4-16(32)29-5-6-30(12(3)9-29)21-13-7-11(2)31(22(33)19(13)27-10-28-21)20-17(25)14(23)8-15(24)18(20)26/h4,7-8,10,12H,1,5-6,9,26H2,2-3H3/t12-/m0/s1. The first-order valence-electron chi connectivity index (χ1n) is 10.1. The number of rotatable bonds is 3. The van der Waals surface area contributed by atoms with Gasteiger partial charge in [-0.2, -0.15) is 0 Å². The van der Waals surface area contributed by atoms with E-state index in [1.165, 1.54) is 18.5 Å². The Morgan fingerprint density at radius 1 is 1.27 bits per heavy atom. The smallest absolute Gasteiger partial charge is 0.282 e. The van der Waals surface area contributed by atoms with Crippen molar-refractivity contribution in [3.05, 3.63) is 63.0 Å². The molecular weight excluding hydrogens is 470 g/mol. The molecule has 0 aliphatic carbocycles. The lowest BCUT2D eigenvalue weighted by Crippen LogP contribution is -2.53. The van der Waals surface area contributed by atoms with Gasteiger partial charge in [0.1, 0.15) is 23.3 Å². The Balaban J connectivity index is 1.87. The van der Waals surface area contributed by atoms with Crippen molar-refractivity contribution in [1.29, 1.82) is 0 Å². The second kappa shape index (κ2) is 8.64. The maximum atomic E-state index is 14.9. The van der Waals surface area contributed by atoms with E-state index in [1.807, 2.05) is 11.8 Å². The summed E-state index contributed by atoms with van der Waals surface area (Å²) in [6.07, 6.45) is 2.58. The Labute approximate surface area is 199 Å². The molecule has 1 fully saturated rings. The summed E-state index contributed by atoms with van der Waals surface area (Å²) < 4.78 is 16.0. The third kappa shape index (κ3) is 3.81. The second-order valence-corrected chi connectivity index (χ2v) is 8.65. The Morgan fingerprint density at radius 3 is 2.67 bits per heavy atom. The Bertz CT molecular complexity index is 1330. The van der Waals surface area contributed by atoms with E-state index in [0.717, 1.165) is 4.57 Å². The van der Waals surface area contributed by atoms with Crippen LogP contribution < -0.4 is 16.2 Å². The molecule has 2 aromatic heterocycles. The number of pyridine rings is 1. The molecular formula is C22H21Cl2FN6O2. The minimum atomic E-state index is -0.853. The third-order valence-electron chi connectivity index (χ3n) is 5.77. The highest BCUT2D eigenvalue weighted by Crippen LogP contribution is 2.35. The van der Waals surface area contributed by atoms with Crippen molar-refractivity contribution in [2.45, 2.75) is 19.9 Å². The van der Waals surface area contributed by atoms with E-state index in [2.05, 4.69) is 16.5 Å². The first kappa shape index (κ1) is 23.0. The zero-order valence-corrected chi connectivity index (χ0v) is 19.5. The minimum absolute atomic E-state index is 0.0342. The quantitative estimate of drug-likeness (QED) is 0.343. The van der Waals surface area contributed by atoms with Crippen molar-refractivity contribution in [1.82, 2.24) is 19.4 Å². The molecule has 0 bridgehead atoms. The molecule has 1 aromatic carbocycles. The number of nitrogens with zero attached hydrogens (tertiary/aromatic N) is 5. The molecule has 0 unspecified atom stereocenters. The van der Waals surface area contributed by atoms with Crippen LogP contribution in [0.3, 0.4) is 0 Å². The molecule has 2 N–H and O–H groups in total. The number of carbonyl (C=O) groups excluding carboxylic acids is 1. The Morgan fingerprint density at radius 2 is 2.00 bits per heavy atom. The fourth-order valence-electron chi connectivity index (χ4n) is 4.15. The van der Waals surface area contributed by atoms with Gasteiger partial charge in [0, 0.05) is 31.4 Å². The van der Waals surface area contributed by atoms with Crippen LogP contribution in [0.5, 0.6) is 0 Å². The van der Waals surface area contributed by atoms with Gasteiger partial charge in [0.25, 0.3) is 5.56 Å². The lowest BCUT2D eigenvalue weighted by molar-refractivity contribution is -0.126. The lowest BCUT2D eigenvalue weighted by Gasteiger charge is -2.40. The molecule has 1 saturated heterocycles. The number of amides is 1. The van der Waals surface area contributed by atoms with Gasteiger partial charge in [-0.1, -0.05) is 29.8 Å². The summed E-state index contributed by atoms with van der Waals surface area (Å²) >= 11 is 12.0. The van der Waals surface area contributed by atoms with E-state index < -0.39 is 11.4 Å². The summed E-state index contributed by atoms with van der Waals surface area (Å²) in [5.41, 5.74) is 5.61. The largest absolute Gasteiger partial charge is 0.396 e. The monoisotopic (exact) mass is 490 g/mol. The summed E-state index contributed by atoms with van der Waals surface area (Å²) in [5, 5.41) is 0.297. The molecule has 1 atom stereocenters. The van der Waals surface area contributed by atoms with E-state index in [9.17, 15) is 14.0 Å². The van der Waals surface area contributed by atoms with Crippen LogP contribution in [0, 0.1) is 12.7 Å². The molecule has 1 amide bonds. The van der Waals surface area contributed by atoms with Gasteiger partial charge in [-0.15, -0.1) is 0 Å². The van der Waals surface area contributed by atoms with Crippen LogP contribution in [0.2, 0.25) is 10.0 Å². The number of aromatic nitrogens is 3. The highest BCUT2D eigenvalue weighted by molar-refractivity contribution is 6.37. The number of hydrogen-bond donors (Lipinski definition) is 1. The molecule has 1 aliphatic rings. The molecule has 1 aliphatic heterocycles. The van der Waals surface area contributed by atoms with Crippen molar-refractivity contribution in [2.75, 3.05) is 30.3 Å². The predicted octanol–water partition coefficient (Wildman–Crippen LogP) is 3.34. The number of hydrogen-bond acceptors (Lipinski definition) is 6. The maximum absolute atomic E-state index is 14.9. The number of piperazine rings is 1. The molecule has 8 nitrogen and oxygen atoms in total. The molecule has 33 heavy (non-hydrogen) atoms. The normalized spacial score (nSPS) is 16.3. The van der Waals surface area contributed by atoms with Gasteiger partial charge in [-0.05, 0) is 32.1 Å². The zero-order valence-electron chi connectivity index (χ0n) is 18.0. The number of benzene rings is 1. The van der Waals surface area contributed by atoms with E-state index in [-0.39, 0.29) is 38.9 Å². The maximum Gasteiger partial charge on any atom is 0.282 e. The van der Waals surface area contributed by atoms with Gasteiger partial charge in [-0.25, -0.2) is 14.4 Å². The predicted molar refractivity (Wildman–Crippen MR) is 128 cm³/mol. The summed E-state index contributed by atoms with van der Waals surface area (Å²) in [4.78, 5) is 37.8. The van der Waals surface area contributed by atoms with Crippen LogP contribution in [0.25, 0.3) is 16.6 Å². The van der Waals surface area contributed by atoms with Crippen LogP contribution >= 0.6 is 23.2 Å². The average Bonchev–Trinajstić information content (AvgIpc) is 2.79. The van der Waals surface area contributed by atoms with Gasteiger partial charge in [0.05, 0.1) is 21.1 Å². The summed E-state index contributed by atoms with van der Waals surface area (Å²) in [6, 6.07) is 2.83. The first-order valence-corrected chi connectivity index (χ1v) is 10.9. The number of nitrogens with two attached hydrogens (primary N) is 1. The fourth-order valence-corrected chi connectivity index (χ4v) is 4.61. The molecule has 172 valence electrons. The van der Waals surface area contributed by atoms with Crippen molar-refractivity contribution < 1.29 is 9.18 Å². The molecule has 0 saturated carbocycles. The summed E-state index contributed by atoms with van der Waals surface area (Å²) in [5.74, 6) is -0.426.